The second kappa shape index (κ2) is 23.4. The van der Waals surface area contributed by atoms with Crippen LogP contribution in [0.5, 0.6) is 0 Å². The van der Waals surface area contributed by atoms with Crippen LogP contribution in [0.2, 0.25) is 0 Å². The summed E-state index contributed by atoms with van der Waals surface area (Å²) in [6.07, 6.45) is 3.92. The number of hydrogen-bond acceptors (Lipinski definition) is 0. The van der Waals surface area contributed by atoms with Gasteiger partial charge in [0, 0.05) is 25.8 Å². The number of rotatable bonds is 0. The molecule has 0 N–H and O–H groups in total. The summed E-state index contributed by atoms with van der Waals surface area (Å²) in [5.41, 5.74) is 6.73. The first-order valence-corrected chi connectivity index (χ1v) is 11.2. The van der Waals surface area contributed by atoms with Crippen molar-refractivity contribution in [2.45, 2.75) is 26.2 Å². The molecule has 0 heterocycles. The zero-order valence-corrected chi connectivity index (χ0v) is 28.1. The second-order valence-electron chi connectivity index (χ2n) is 8.01. The fourth-order valence-corrected chi connectivity index (χ4v) is 3.70. The van der Waals surface area contributed by atoms with Gasteiger partial charge in [-0.15, -0.1) is 52.7 Å². The van der Waals surface area contributed by atoms with Crippen molar-refractivity contribution in [2.75, 3.05) is 0 Å². The Hall–Kier alpha value is -2.77. The summed E-state index contributed by atoms with van der Waals surface area (Å²) < 4.78 is 0. The molecule has 0 unspecified atom stereocenters. The van der Waals surface area contributed by atoms with E-state index in [1.54, 1.807) is 11.1 Å². The predicted octanol–water partition coefficient (Wildman–Crippen LogP) is 10.7. The zero-order valence-electron chi connectivity index (χ0n) is 24.5. The standard InChI is InChI=1S/C13H13.2C7H7.C5H5.5CH3.Hf/c1-9-5-6-12-7-10-3-2-4-11(10)8-13(9)12;2*1-7-5-3-2-4-6-7;1-2-4-5-3-1;;;;;;/h5-8H,2-4H2,1H3;2*2-6H,1H2;1-5H;5*1H3;/q9*-1;. The maximum absolute atomic E-state index is 3.72. The quantitative estimate of drug-likeness (QED) is 0.114. The average molecular weight is 670 g/mol. The van der Waals surface area contributed by atoms with Gasteiger partial charge in [-0.05, 0) is 19.3 Å². The molecule has 1 aliphatic carbocycles. The number of hydrogen-bond donors (Lipinski definition) is 0. The summed E-state index contributed by atoms with van der Waals surface area (Å²) >= 11 is 0. The summed E-state index contributed by atoms with van der Waals surface area (Å²) in [6.45, 7) is 9.64. The SMILES string of the molecule is C[c-]1ccc2cc3c(cc21)CCC3.[CH2-]c1ccccc1.[CH2-]c1ccccc1.[CH3-].[CH3-].[CH3-].[CH3-].[CH3-].[Hf].c1cc[cH-]c1. The van der Waals surface area contributed by atoms with Gasteiger partial charge in [-0.2, -0.15) is 79.6 Å². The molecule has 0 aromatic heterocycles. The van der Waals surface area contributed by atoms with Crippen LogP contribution in [0.3, 0.4) is 0 Å². The van der Waals surface area contributed by atoms with Crippen molar-refractivity contribution >= 4 is 10.8 Å². The first-order valence-electron chi connectivity index (χ1n) is 11.2. The van der Waals surface area contributed by atoms with Gasteiger partial charge in [0.25, 0.3) is 0 Å². The van der Waals surface area contributed by atoms with Gasteiger partial charge in [0.15, 0.2) is 0 Å². The van der Waals surface area contributed by atoms with Crippen LogP contribution in [0.15, 0.2) is 115 Å². The summed E-state index contributed by atoms with van der Waals surface area (Å²) in [7, 11) is 0. The van der Waals surface area contributed by atoms with Gasteiger partial charge in [0.05, 0.1) is 0 Å². The molecule has 0 amide bonds. The minimum absolute atomic E-state index is 0. The van der Waals surface area contributed by atoms with Crippen LogP contribution >= 0.6 is 0 Å². The van der Waals surface area contributed by atoms with E-state index >= 15 is 0 Å². The Bertz CT molecular complexity index is 1100. The van der Waals surface area contributed by atoms with Crippen molar-refractivity contribution < 1.29 is 25.8 Å². The van der Waals surface area contributed by atoms with E-state index in [9.17, 15) is 0 Å². The van der Waals surface area contributed by atoms with Crippen LogP contribution in [-0.4, -0.2) is 0 Å². The third kappa shape index (κ3) is 14.2. The van der Waals surface area contributed by atoms with E-state index in [1.807, 2.05) is 91.0 Å². The molecule has 0 nitrogen and oxygen atoms in total. The topological polar surface area (TPSA) is 0 Å². The molecule has 0 aliphatic heterocycles. The molecule has 0 radical (unpaired) electrons. The molecule has 5 aromatic rings. The van der Waals surface area contributed by atoms with Crippen molar-refractivity contribution in [3.05, 3.63) is 194 Å². The Morgan fingerprint density at radius 1 is 0.632 bits per heavy atom. The van der Waals surface area contributed by atoms with Gasteiger partial charge < -0.3 is 37.1 Å². The van der Waals surface area contributed by atoms with Crippen LogP contribution in [0.25, 0.3) is 10.8 Å². The number of fused-ring (bicyclic) bond motifs is 2. The van der Waals surface area contributed by atoms with E-state index in [1.165, 1.54) is 35.6 Å². The minimum atomic E-state index is 0. The van der Waals surface area contributed by atoms with Gasteiger partial charge in [-0.25, -0.2) is 12.1 Å². The monoisotopic (exact) mass is 671 g/mol. The first kappa shape index (κ1) is 42.3. The van der Waals surface area contributed by atoms with E-state index in [4.69, 9.17) is 0 Å². The first-order chi connectivity index (χ1) is 15.6. The molecule has 38 heavy (non-hydrogen) atoms. The molecular weight excluding hydrogens is 623 g/mol. The summed E-state index contributed by atoms with van der Waals surface area (Å²) in [6, 6.07) is 39.0. The number of benzene rings is 3. The summed E-state index contributed by atoms with van der Waals surface area (Å²) in [5.74, 6) is 0. The predicted molar refractivity (Wildman–Crippen MR) is 172 cm³/mol. The maximum Gasteiger partial charge on any atom is 0 e. The molecule has 6 rings (SSSR count). The zero-order chi connectivity index (χ0) is 22.6. The van der Waals surface area contributed by atoms with Gasteiger partial charge in [-0.3, -0.25) is 0 Å². The minimum Gasteiger partial charge on any atom is -0.358 e. The smallest absolute Gasteiger partial charge is 0 e. The molecule has 208 valence electrons. The van der Waals surface area contributed by atoms with E-state index in [-0.39, 0.29) is 63.0 Å². The fraction of sp³-hybridized carbons (Fsp3) is 0.108. The van der Waals surface area contributed by atoms with E-state index < -0.39 is 0 Å². The molecule has 0 fully saturated rings. The molecule has 0 saturated heterocycles. The average Bonchev–Trinajstić information content (AvgIpc) is 3.59. The van der Waals surface area contributed by atoms with Crippen molar-refractivity contribution in [3.8, 4) is 0 Å². The molecule has 0 atom stereocenters. The molecule has 5 aromatic carbocycles. The molecule has 0 bridgehead atoms. The third-order valence-electron chi connectivity index (χ3n) is 5.44. The van der Waals surface area contributed by atoms with Crippen LogP contribution < -0.4 is 0 Å². The van der Waals surface area contributed by atoms with Crippen LogP contribution in [0.1, 0.15) is 34.2 Å². The van der Waals surface area contributed by atoms with E-state index in [2.05, 4.69) is 45.0 Å². The molecular formula is C37H47Hf-9. The van der Waals surface area contributed by atoms with Crippen molar-refractivity contribution in [2.24, 2.45) is 0 Å². The third-order valence-corrected chi connectivity index (χ3v) is 5.44. The normalized spacial score (nSPS) is 9.39. The Morgan fingerprint density at radius 3 is 1.45 bits per heavy atom. The molecule has 1 heteroatoms. The summed E-state index contributed by atoms with van der Waals surface area (Å²) in [5, 5.41) is 2.89. The van der Waals surface area contributed by atoms with Gasteiger partial charge in [0.2, 0.25) is 0 Å². The Labute approximate surface area is 255 Å². The molecule has 0 saturated carbocycles. The summed E-state index contributed by atoms with van der Waals surface area (Å²) in [4.78, 5) is 0. The Balaban J connectivity index is -0.000000205. The van der Waals surface area contributed by atoms with E-state index in [0.717, 1.165) is 11.1 Å². The Morgan fingerprint density at radius 2 is 1.08 bits per heavy atom. The molecule has 0 spiro atoms. The Kier molecular flexibility index (Phi) is 26.0. The van der Waals surface area contributed by atoms with Crippen LogP contribution in [0.4, 0.5) is 0 Å². The second-order valence-corrected chi connectivity index (χ2v) is 8.01. The van der Waals surface area contributed by atoms with Crippen LogP contribution in [0, 0.1) is 57.9 Å². The number of aryl methyl sites for hydroxylation is 3. The van der Waals surface area contributed by atoms with Gasteiger partial charge in [-0.1, -0.05) is 30.2 Å². The van der Waals surface area contributed by atoms with Crippen LogP contribution in [-0.2, 0) is 38.7 Å². The van der Waals surface area contributed by atoms with Crippen molar-refractivity contribution in [1.29, 1.82) is 0 Å². The fourth-order valence-electron chi connectivity index (χ4n) is 3.70. The van der Waals surface area contributed by atoms with Gasteiger partial charge >= 0.3 is 0 Å². The van der Waals surface area contributed by atoms with E-state index in [0.29, 0.717) is 0 Å². The maximum atomic E-state index is 3.72. The van der Waals surface area contributed by atoms with Gasteiger partial charge in [0.1, 0.15) is 0 Å². The van der Waals surface area contributed by atoms with Crippen molar-refractivity contribution in [3.63, 3.8) is 0 Å². The van der Waals surface area contributed by atoms with Crippen molar-refractivity contribution in [1.82, 2.24) is 0 Å². The largest absolute Gasteiger partial charge is 0.358 e. The molecule has 1 aliphatic rings.